The third-order valence-electron chi connectivity index (χ3n) is 6.50. The molecule has 2 fully saturated rings. The quantitative estimate of drug-likeness (QED) is 0.408. The van der Waals surface area contributed by atoms with Crippen LogP contribution in [0, 0.1) is 5.41 Å². The summed E-state index contributed by atoms with van der Waals surface area (Å²) >= 11 is 0. The van der Waals surface area contributed by atoms with Gasteiger partial charge >= 0.3 is 6.09 Å². The van der Waals surface area contributed by atoms with Crippen LogP contribution in [-0.4, -0.2) is 91.7 Å². The van der Waals surface area contributed by atoms with Crippen LogP contribution in [0.25, 0.3) is 11.3 Å². The number of ether oxygens (including phenoxy) is 2. The number of aromatic nitrogens is 2. The highest BCUT2D eigenvalue weighted by molar-refractivity contribution is 5.94. The van der Waals surface area contributed by atoms with Crippen LogP contribution in [-0.2, 0) is 14.3 Å². The van der Waals surface area contributed by atoms with Gasteiger partial charge in [-0.1, -0.05) is 12.1 Å². The topological polar surface area (TPSA) is 159 Å². The van der Waals surface area contributed by atoms with E-state index in [4.69, 9.17) is 25.8 Å². The van der Waals surface area contributed by atoms with Gasteiger partial charge in [-0.15, -0.1) is 0 Å². The van der Waals surface area contributed by atoms with Crippen LogP contribution in [0.2, 0.25) is 0 Å². The number of nitrogens with two attached hydrogens (primary N) is 1. The Morgan fingerprint density at radius 1 is 1.16 bits per heavy atom. The molecule has 2 aliphatic heterocycles. The predicted molar refractivity (Wildman–Crippen MR) is 141 cm³/mol. The van der Waals surface area contributed by atoms with Gasteiger partial charge in [-0.3, -0.25) is 10.1 Å². The van der Waals surface area contributed by atoms with Gasteiger partial charge in [0.1, 0.15) is 5.82 Å². The van der Waals surface area contributed by atoms with Crippen LogP contribution in [0.5, 0.6) is 0 Å². The van der Waals surface area contributed by atoms with E-state index in [1.807, 2.05) is 12.1 Å². The number of carbonyl (C=O) groups excluding carboxylic acids is 2. The molecule has 4 rings (SSSR count). The number of hydrogen-bond acceptors (Lipinski definition) is 10. The summed E-state index contributed by atoms with van der Waals surface area (Å²) in [5.41, 5.74) is 8.32. The van der Waals surface area contributed by atoms with Gasteiger partial charge in [-0.2, -0.15) is 4.98 Å². The largest absolute Gasteiger partial charge is 0.453 e. The third kappa shape index (κ3) is 6.33. The van der Waals surface area contributed by atoms with Crippen molar-refractivity contribution in [3.05, 3.63) is 29.8 Å². The summed E-state index contributed by atoms with van der Waals surface area (Å²) in [6, 6.07) is 6.77. The van der Waals surface area contributed by atoms with Crippen molar-refractivity contribution < 1.29 is 19.1 Å². The summed E-state index contributed by atoms with van der Waals surface area (Å²) in [6.07, 6.45) is 2.20. The van der Waals surface area contributed by atoms with Crippen LogP contribution in [0.15, 0.2) is 24.3 Å². The number of rotatable bonds is 7. The Kier molecular flexibility index (Phi) is 8.51. The predicted octanol–water partition coefficient (Wildman–Crippen LogP) is 1.91. The van der Waals surface area contributed by atoms with Crippen molar-refractivity contribution >= 4 is 35.7 Å². The van der Waals surface area contributed by atoms with E-state index in [0.29, 0.717) is 68.1 Å². The molecule has 1 aromatic heterocycles. The molecule has 0 spiro atoms. The number of hydrogen-bond donors (Lipinski definition) is 4. The number of methoxy groups -OCH3 is 1. The number of piperidine rings is 1. The van der Waals surface area contributed by atoms with Gasteiger partial charge in [0.2, 0.25) is 11.9 Å². The van der Waals surface area contributed by atoms with Crippen molar-refractivity contribution in [3.8, 4) is 11.3 Å². The monoisotopic (exact) mass is 510 g/mol. The Labute approximate surface area is 216 Å². The maximum Gasteiger partial charge on any atom is 0.411 e. The van der Waals surface area contributed by atoms with Gasteiger partial charge in [0.15, 0.2) is 0 Å². The summed E-state index contributed by atoms with van der Waals surface area (Å²) < 4.78 is 10.2. The first-order valence-corrected chi connectivity index (χ1v) is 12.4. The Morgan fingerprint density at radius 2 is 1.84 bits per heavy atom. The number of likely N-dealkylation sites (tertiary alicyclic amines) is 1. The smallest absolute Gasteiger partial charge is 0.411 e. The molecule has 0 saturated carbocycles. The first kappa shape index (κ1) is 26.3. The maximum atomic E-state index is 12.3. The fourth-order valence-electron chi connectivity index (χ4n) is 4.44. The van der Waals surface area contributed by atoms with Crippen LogP contribution in [0.4, 0.5) is 22.2 Å². The number of nitrogens with zero attached hydrogens (tertiary/aromatic N) is 4. The van der Waals surface area contributed by atoms with Crippen LogP contribution in [0.1, 0.15) is 25.3 Å². The van der Waals surface area contributed by atoms with E-state index in [2.05, 4.69) is 20.3 Å². The highest BCUT2D eigenvalue weighted by Crippen LogP contribution is 2.30. The van der Waals surface area contributed by atoms with E-state index in [0.717, 1.165) is 18.4 Å². The second-order valence-corrected chi connectivity index (χ2v) is 9.10. The fourth-order valence-corrected chi connectivity index (χ4v) is 4.44. The minimum atomic E-state index is -0.551. The molecule has 1 unspecified atom stereocenters. The van der Waals surface area contributed by atoms with E-state index < -0.39 is 12.1 Å². The Morgan fingerprint density at radius 3 is 2.43 bits per heavy atom. The molecule has 1 aromatic carbocycles. The SMILES string of the molecule is COC(=O)Nc1ccc(-c2nc(N3CCOCC3)nc(NC3CCN(C(=O)C(C)N)CC3)c2C=N)cc1. The molecule has 2 saturated heterocycles. The Balaban J connectivity index is 1.62. The number of carbonyl (C=O) groups is 2. The molecule has 2 aromatic rings. The van der Waals surface area contributed by atoms with Gasteiger partial charge < -0.3 is 35.7 Å². The average molecular weight is 511 g/mol. The molecular weight excluding hydrogens is 476 g/mol. The zero-order valence-electron chi connectivity index (χ0n) is 21.2. The molecule has 1 atom stereocenters. The lowest BCUT2D eigenvalue weighted by Crippen LogP contribution is -2.48. The lowest BCUT2D eigenvalue weighted by molar-refractivity contribution is -0.133. The molecular formula is C25H34N8O4. The molecule has 198 valence electrons. The summed E-state index contributed by atoms with van der Waals surface area (Å²) in [7, 11) is 1.31. The molecule has 3 heterocycles. The number of morpholine rings is 1. The van der Waals surface area contributed by atoms with Crippen LogP contribution >= 0.6 is 0 Å². The summed E-state index contributed by atoms with van der Waals surface area (Å²) in [4.78, 5) is 37.3. The van der Waals surface area contributed by atoms with Gasteiger partial charge in [0.05, 0.1) is 37.6 Å². The molecule has 12 heteroatoms. The summed E-state index contributed by atoms with van der Waals surface area (Å²) in [6.45, 7) is 5.45. The maximum absolute atomic E-state index is 12.3. The lowest BCUT2D eigenvalue weighted by atomic mass is 10.0. The third-order valence-corrected chi connectivity index (χ3v) is 6.50. The standard InChI is InChI=1S/C25H34N8O4/c1-16(27)23(34)32-9-7-19(8-10-32)28-22-20(15-26)21(30-24(31-22)33-11-13-37-14-12-33)17-3-5-18(6-4-17)29-25(35)36-2/h3-6,15-16,19,26H,7-14,27H2,1-2H3,(H,29,35)(H,28,30,31). The van der Waals surface area contributed by atoms with Crippen molar-refractivity contribution in [1.29, 1.82) is 5.41 Å². The first-order valence-electron chi connectivity index (χ1n) is 12.4. The lowest BCUT2D eigenvalue weighted by Gasteiger charge is -2.34. The molecule has 0 bridgehead atoms. The van der Waals surface area contributed by atoms with E-state index in [1.54, 1.807) is 24.0 Å². The van der Waals surface area contributed by atoms with Crippen LogP contribution < -0.4 is 21.3 Å². The molecule has 12 nitrogen and oxygen atoms in total. The zero-order valence-corrected chi connectivity index (χ0v) is 21.2. The van der Waals surface area contributed by atoms with Gasteiger partial charge in [-0.05, 0) is 31.9 Å². The molecule has 5 N–H and O–H groups in total. The van der Waals surface area contributed by atoms with E-state index in [1.165, 1.54) is 13.3 Å². The number of anilines is 3. The molecule has 0 aliphatic carbocycles. The number of benzene rings is 1. The van der Waals surface area contributed by atoms with E-state index in [-0.39, 0.29) is 11.9 Å². The zero-order chi connectivity index (χ0) is 26.4. The fraction of sp³-hybridized carbons (Fsp3) is 0.480. The molecule has 2 aliphatic rings. The molecule has 0 radical (unpaired) electrons. The van der Waals surface area contributed by atoms with Gasteiger partial charge in [-0.25, -0.2) is 9.78 Å². The van der Waals surface area contributed by atoms with Crippen molar-refractivity contribution in [2.75, 3.05) is 62.0 Å². The molecule has 2 amide bonds. The van der Waals surface area contributed by atoms with Crippen LogP contribution in [0.3, 0.4) is 0 Å². The second-order valence-electron chi connectivity index (χ2n) is 9.10. The Bertz CT molecular complexity index is 1110. The first-order chi connectivity index (χ1) is 17.9. The molecule has 37 heavy (non-hydrogen) atoms. The Hall–Kier alpha value is -3.77. The van der Waals surface area contributed by atoms with Gasteiger partial charge in [0, 0.05) is 49.7 Å². The normalized spacial score (nSPS) is 17.2. The second kappa shape index (κ2) is 12.0. The highest BCUT2D eigenvalue weighted by Gasteiger charge is 2.27. The van der Waals surface area contributed by atoms with Crippen molar-refractivity contribution in [3.63, 3.8) is 0 Å². The van der Waals surface area contributed by atoms with E-state index >= 15 is 0 Å². The minimum absolute atomic E-state index is 0.0392. The van der Waals surface area contributed by atoms with Crippen molar-refractivity contribution in [2.45, 2.75) is 31.8 Å². The van der Waals surface area contributed by atoms with Crippen molar-refractivity contribution in [2.24, 2.45) is 5.73 Å². The summed E-state index contributed by atoms with van der Waals surface area (Å²) in [5, 5.41) is 14.3. The summed E-state index contributed by atoms with van der Waals surface area (Å²) in [5.74, 6) is 1.10. The highest BCUT2D eigenvalue weighted by atomic mass is 16.5. The average Bonchev–Trinajstić information content (AvgIpc) is 2.93. The van der Waals surface area contributed by atoms with Gasteiger partial charge in [0.25, 0.3) is 0 Å². The minimum Gasteiger partial charge on any atom is -0.453 e. The number of nitrogens with one attached hydrogen (secondary N) is 3. The number of amides is 2. The van der Waals surface area contributed by atoms with Crippen molar-refractivity contribution in [1.82, 2.24) is 14.9 Å². The van der Waals surface area contributed by atoms with E-state index in [9.17, 15) is 9.59 Å².